The lowest BCUT2D eigenvalue weighted by Crippen LogP contribution is -2.37. The number of ether oxygens (including phenoxy) is 1. The zero-order chi connectivity index (χ0) is 16.2. The Labute approximate surface area is 130 Å². The third kappa shape index (κ3) is 4.72. The highest BCUT2D eigenvalue weighted by molar-refractivity contribution is 5.70. The van der Waals surface area contributed by atoms with Crippen LogP contribution in [0.1, 0.15) is 40.0 Å². The van der Waals surface area contributed by atoms with Gasteiger partial charge in [-0.3, -0.25) is 0 Å². The van der Waals surface area contributed by atoms with Gasteiger partial charge < -0.3 is 9.64 Å². The van der Waals surface area contributed by atoms with Gasteiger partial charge in [0.1, 0.15) is 5.75 Å². The maximum absolute atomic E-state index is 12.0. The van der Waals surface area contributed by atoms with Crippen molar-refractivity contribution in [2.24, 2.45) is 0 Å². The largest absolute Gasteiger partial charge is 0.415 e. The molecule has 0 N–H and O–H groups in total. The van der Waals surface area contributed by atoms with Crippen LogP contribution in [0.5, 0.6) is 5.75 Å². The first-order valence-corrected chi connectivity index (χ1v) is 7.58. The minimum Gasteiger partial charge on any atom is -0.410 e. The lowest BCUT2D eigenvalue weighted by atomic mass is 10.1. The van der Waals surface area contributed by atoms with Crippen LogP contribution < -0.4 is 4.74 Å². The van der Waals surface area contributed by atoms with E-state index in [0.29, 0.717) is 16.4 Å². The molecule has 6 heteroatoms. The molecule has 22 heavy (non-hydrogen) atoms. The number of rotatable bonds is 3. The van der Waals surface area contributed by atoms with Crippen molar-refractivity contribution < 1.29 is 19.3 Å². The highest BCUT2D eigenvalue weighted by Crippen LogP contribution is 2.21. The first kappa shape index (κ1) is 16.3. The van der Waals surface area contributed by atoms with Crippen molar-refractivity contribution in [1.82, 2.24) is 4.90 Å². The predicted molar refractivity (Wildman–Crippen MR) is 82.0 cm³/mol. The molecule has 0 aliphatic carbocycles. The summed E-state index contributed by atoms with van der Waals surface area (Å²) in [4.78, 5) is 31.2. The fourth-order valence-corrected chi connectivity index (χ4v) is 2.18. The molecule has 1 heterocycles. The molecular weight excluding hydrogens is 284 g/mol. The van der Waals surface area contributed by atoms with Crippen LogP contribution in [0.2, 0.25) is 0 Å². The van der Waals surface area contributed by atoms with E-state index in [1.807, 2.05) is 0 Å². The zero-order valence-corrected chi connectivity index (χ0v) is 13.4. The number of piperidine rings is 1. The molecule has 0 aromatic heterocycles. The van der Waals surface area contributed by atoms with Gasteiger partial charge in [0.15, 0.2) is 5.60 Å². The molecule has 120 valence electrons. The van der Waals surface area contributed by atoms with Crippen molar-refractivity contribution in [3.05, 3.63) is 29.2 Å². The van der Waals surface area contributed by atoms with E-state index in [1.54, 1.807) is 49.9 Å². The van der Waals surface area contributed by atoms with Crippen LogP contribution >= 0.6 is 0 Å². The van der Waals surface area contributed by atoms with Gasteiger partial charge in [-0.15, -0.1) is 0 Å². The van der Waals surface area contributed by atoms with Gasteiger partial charge in [0.05, 0.1) is 4.91 Å². The molecule has 1 aromatic rings. The van der Waals surface area contributed by atoms with Crippen LogP contribution in [-0.2, 0) is 4.84 Å². The summed E-state index contributed by atoms with van der Waals surface area (Å²) in [5.74, 6) is 0.420. The topological polar surface area (TPSA) is 58.9 Å². The van der Waals surface area contributed by atoms with Crippen LogP contribution in [-0.4, -0.2) is 34.6 Å². The molecule has 0 unspecified atom stereocenters. The average Bonchev–Trinajstić information content (AvgIpc) is 2.47. The number of nitrogens with zero attached hydrogens (tertiary/aromatic N) is 2. The Morgan fingerprint density at radius 1 is 1.09 bits per heavy atom. The molecule has 1 saturated heterocycles. The molecule has 1 aliphatic rings. The first-order valence-electron chi connectivity index (χ1n) is 7.58. The quantitative estimate of drug-likeness (QED) is 0.797. The maximum Gasteiger partial charge on any atom is 0.415 e. The third-order valence-corrected chi connectivity index (χ3v) is 3.22. The maximum atomic E-state index is 12.0. The van der Waals surface area contributed by atoms with E-state index >= 15 is 0 Å². The van der Waals surface area contributed by atoms with Crippen molar-refractivity contribution in [3.8, 4) is 5.75 Å². The van der Waals surface area contributed by atoms with E-state index in [2.05, 4.69) is 0 Å². The van der Waals surface area contributed by atoms with Gasteiger partial charge in [0, 0.05) is 25.2 Å². The summed E-state index contributed by atoms with van der Waals surface area (Å²) in [6, 6.07) is 6.32. The summed E-state index contributed by atoms with van der Waals surface area (Å²) in [7, 11) is 0. The van der Waals surface area contributed by atoms with Crippen molar-refractivity contribution in [2.45, 2.75) is 45.6 Å². The molecule has 6 nitrogen and oxygen atoms in total. The van der Waals surface area contributed by atoms with Crippen molar-refractivity contribution >= 4 is 11.8 Å². The van der Waals surface area contributed by atoms with Crippen LogP contribution in [0.15, 0.2) is 24.3 Å². The second-order valence-electron chi connectivity index (χ2n) is 6.37. The fraction of sp³-hybridized carbons (Fsp3) is 0.562. The van der Waals surface area contributed by atoms with Gasteiger partial charge in [-0.05, 0) is 52.2 Å². The predicted octanol–water partition coefficient (Wildman–Crippen LogP) is 3.81. The molecule has 0 bridgehead atoms. The molecule has 0 radical (unpaired) electrons. The van der Waals surface area contributed by atoms with Crippen LogP contribution in [0, 0.1) is 4.91 Å². The summed E-state index contributed by atoms with van der Waals surface area (Å²) in [6.45, 7) is 6.88. The fourth-order valence-electron chi connectivity index (χ4n) is 2.18. The van der Waals surface area contributed by atoms with E-state index in [9.17, 15) is 9.70 Å². The molecule has 0 saturated carbocycles. The highest BCUT2D eigenvalue weighted by Gasteiger charge is 2.26. The summed E-state index contributed by atoms with van der Waals surface area (Å²) >= 11 is 0. The van der Waals surface area contributed by atoms with Gasteiger partial charge in [0.2, 0.25) is 0 Å². The average molecular weight is 307 g/mol. The Kier molecular flexibility index (Phi) is 5.00. The molecule has 0 spiro atoms. The van der Waals surface area contributed by atoms with E-state index in [-0.39, 0.29) is 6.09 Å². The lowest BCUT2D eigenvalue weighted by Gasteiger charge is -2.25. The van der Waals surface area contributed by atoms with Crippen molar-refractivity contribution in [3.63, 3.8) is 0 Å². The minimum absolute atomic E-state index is 0.336. The Morgan fingerprint density at radius 2 is 1.68 bits per heavy atom. The number of carbonyl (C=O) groups excluding carboxylic acids is 1. The zero-order valence-electron chi connectivity index (χ0n) is 13.4. The number of likely N-dealkylation sites (tertiary alicyclic amines) is 1. The summed E-state index contributed by atoms with van der Waals surface area (Å²) < 4.78 is 5.32. The summed E-state index contributed by atoms with van der Waals surface area (Å²) in [5, 5.41) is 0. The van der Waals surface area contributed by atoms with E-state index in [0.717, 1.165) is 32.4 Å². The van der Waals surface area contributed by atoms with E-state index in [4.69, 9.17) is 9.57 Å². The van der Waals surface area contributed by atoms with Gasteiger partial charge in [-0.2, -0.15) is 0 Å². The summed E-state index contributed by atoms with van der Waals surface area (Å²) in [5.41, 5.74) is -0.214. The van der Waals surface area contributed by atoms with Crippen LogP contribution in [0.25, 0.3) is 0 Å². The van der Waals surface area contributed by atoms with Gasteiger partial charge in [-0.1, -0.05) is 0 Å². The molecule has 1 amide bonds. The molecule has 0 atom stereocenters. The Morgan fingerprint density at radius 3 is 2.23 bits per heavy atom. The summed E-state index contributed by atoms with van der Waals surface area (Å²) in [6.07, 6.45) is 2.86. The molecule has 1 aromatic carbocycles. The van der Waals surface area contributed by atoms with E-state index in [1.165, 1.54) is 0 Å². The Bertz CT molecular complexity index is 528. The molecule has 2 rings (SSSR count). The number of hydrogen-bond donors (Lipinski definition) is 0. The molecule has 1 fully saturated rings. The lowest BCUT2D eigenvalue weighted by molar-refractivity contribution is -0.766. The monoisotopic (exact) mass is 307 g/mol. The normalized spacial score (nSPS) is 15.3. The standard InChI is InChI=1S/C16H23N2O4/c1-16(2,3)22-18(20)13-7-9-14(10-8-13)21-15(19)17-11-5-4-6-12-17/h7-10H,4-6,11-12H2,1-3H3/q+1. The second kappa shape index (κ2) is 6.77. The third-order valence-electron chi connectivity index (χ3n) is 3.22. The van der Waals surface area contributed by atoms with Gasteiger partial charge >= 0.3 is 11.8 Å². The Hall–Kier alpha value is -2.11. The van der Waals surface area contributed by atoms with Crippen LogP contribution in [0.3, 0.4) is 0 Å². The minimum atomic E-state index is -0.568. The van der Waals surface area contributed by atoms with Crippen molar-refractivity contribution in [1.29, 1.82) is 0 Å². The smallest absolute Gasteiger partial charge is 0.410 e. The van der Waals surface area contributed by atoms with Crippen molar-refractivity contribution in [2.75, 3.05) is 13.1 Å². The SMILES string of the molecule is CC(C)(C)O[N+](=O)c1ccc(OC(=O)N2CCCCC2)cc1. The molecule has 1 aliphatic heterocycles. The number of benzene rings is 1. The number of amides is 1. The number of carbonyl (C=O) groups is 1. The van der Waals surface area contributed by atoms with E-state index < -0.39 is 5.60 Å². The molecular formula is C16H23N2O4+. The highest BCUT2D eigenvalue weighted by atomic mass is 16.8. The second-order valence-corrected chi connectivity index (χ2v) is 6.37. The Balaban J connectivity index is 1.94. The number of hydrogen-bond acceptors (Lipinski definition) is 4. The first-order chi connectivity index (χ1) is 10.3. The van der Waals surface area contributed by atoms with Gasteiger partial charge in [0.25, 0.3) is 4.92 Å². The van der Waals surface area contributed by atoms with Crippen LogP contribution in [0.4, 0.5) is 10.5 Å². The van der Waals surface area contributed by atoms with Gasteiger partial charge in [-0.25, -0.2) is 9.63 Å².